The molecule has 0 aliphatic rings. The number of nitrogens with zero attached hydrogens (tertiary/aromatic N) is 3. The fraction of sp³-hybridized carbons (Fsp3) is 0.231. The molecule has 0 aliphatic carbocycles. The fourth-order valence-corrected chi connectivity index (χ4v) is 3.05. The third kappa shape index (κ3) is 2.58. The molecule has 110 valence electrons. The van der Waals surface area contributed by atoms with E-state index in [-0.39, 0.29) is 5.82 Å². The summed E-state index contributed by atoms with van der Waals surface area (Å²) in [5.74, 6) is 0.250. The normalized spacial score (nSPS) is 12.2. The second kappa shape index (κ2) is 4.73. The molecule has 0 amide bonds. The fourth-order valence-electron chi connectivity index (χ4n) is 2.21. The van der Waals surface area contributed by atoms with Crippen molar-refractivity contribution in [1.29, 1.82) is 0 Å². The molecule has 0 fully saturated rings. The molecule has 1 aromatic carbocycles. The van der Waals surface area contributed by atoms with Crippen molar-refractivity contribution in [1.82, 2.24) is 14.5 Å². The minimum Gasteiger partial charge on any atom is -0.375 e. The van der Waals surface area contributed by atoms with Gasteiger partial charge in [-0.15, -0.1) is 0 Å². The van der Waals surface area contributed by atoms with E-state index in [2.05, 4.69) is 9.97 Å². The van der Waals surface area contributed by atoms with Crippen LogP contribution in [-0.4, -0.2) is 20.7 Å². The van der Waals surface area contributed by atoms with Gasteiger partial charge in [-0.05, 0) is 19.1 Å². The Balaban J connectivity index is 2.26. The smallest absolute Gasteiger partial charge is 0.375 e. The number of aryl methyl sites for hydroxylation is 1. The summed E-state index contributed by atoms with van der Waals surface area (Å²) in [6, 6.07) is 6.74. The number of anilines is 1. The van der Waals surface area contributed by atoms with E-state index in [9.17, 15) is 13.2 Å². The maximum Gasteiger partial charge on any atom is 0.406 e. The first-order chi connectivity index (χ1) is 9.85. The number of benzene rings is 1. The molecular formula is C13H11F3N4S. The second-order valence-corrected chi connectivity index (χ2v) is 5.62. The first-order valence-corrected chi connectivity index (χ1v) is 6.92. The predicted octanol–water partition coefficient (Wildman–Crippen LogP) is 3.61. The van der Waals surface area contributed by atoms with Crippen molar-refractivity contribution in [2.75, 3.05) is 5.73 Å². The van der Waals surface area contributed by atoms with Crippen LogP contribution < -0.4 is 5.73 Å². The van der Waals surface area contributed by atoms with Crippen LogP contribution in [0.3, 0.4) is 0 Å². The highest BCUT2D eigenvalue weighted by molar-refractivity contribution is 7.18. The predicted molar refractivity (Wildman–Crippen MR) is 76.0 cm³/mol. The zero-order chi connectivity index (χ0) is 15.2. The Hall–Kier alpha value is -2.09. The molecule has 0 saturated carbocycles. The lowest BCUT2D eigenvalue weighted by molar-refractivity contribution is -0.139. The summed E-state index contributed by atoms with van der Waals surface area (Å²) in [5, 5.41) is 0.313. The van der Waals surface area contributed by atoms with Crippen molar-refractivity contribution in [2.45, 2.75) is 19.6 Å². The lowest BCUT2D eigenvalue weighted by Crippen LogP contribution is -2.18. The van der Waals surface area contributed by atoms with Crippen LogP contribution in [0.25, 0.3) is 21.7 Å². The van der Waals surface area contributed by atoms with Gasteiger partial charge in [-0.3, -0.25) is 0 Å². The third-order valence-corrected chi connectivity index (χ3v) is 3.99. The van der Waals surface area contributed by atoms with Crippen molar-refractivity contribution < 1.29 is 13.2 Å². The number of rotatable bonds is 2. The Morgan fingerprint density at radius 1 is 1.24 bits per heavy atom. The summed E-state index contributed by atoms with van der Waals surface area (Å²) in [6.07, 6.45) is -4.33. The van der Waals surface area contributed by atoms with Gasteiger partial charge in [0.1, 0.15) is 6.54 Å². The average molecular weight is 312 g/mol. The van der Waals surface area contributed by atoms with Crippen LogP contribution in [0.15, 0.2) is 24.3 Å². The van der Waals surface area contributed by atoms with Gasteiger partial charge in [0.05, 0.1) is 21.6 Å². The molecule has 0 aliphatic heterocycles. The van der Waals surface area contributed by atoms with E-state index in [0.29, 0.717) is 26.7 Å². The lowest BCUT2D eigenvalue weighted by Gasteiger charge is -2.11. The van der Waals surface area contributed by atoms with E-state index in [1.54, 1.807) is 31.2 Å². The number of nitrogen functional groups attached to an aromatic ring is 1. The largest absolute Gasteiger partial charge is 0.406 e. The number of hydrogen-bond acceptors (Lipinski definition) is 4. The van der Waals surface area contributed by atoms with Crippen LogP contribution in [0.1, 0.15) is 5.69 Å². The van der Waals surface area contributed by atoms with Crippen molar-refractivity contribution in [3.05, 3.63) is 30.0 Å². The van der Waals surface area contributed by atoms with Gasteiger partial charge in [0.2, 0.25) is 0 Å². The van der Waals surface area contributed by atoms with Gasteiger partial charge < -0.3 is 10.3 Å². The summed E-state index contributed by atoms with van der Waals surface area (Å²) in [5.41, 5.74) is 7.17. The van der Waals surface area contributed by atoms with E-state index < -0.39 is 12.7 Å². The molecule has 0 spiro atoms. The molecule has 3 aromatic rings. The maximum absolute atomic E-state index is 12.9. The topological polar surface area (TPSA) is 56.7 Å². The van der Waals surface area contributed by atoms with E-state index in [1.807, 2.05) is 0 Å². The van der Waals surface area contributed by atoms with Crippen molar-refractivity contribution in [3.8, 4) is 10.7 Å². The number of hydrogen-bond donors (Lipinski definition) is 1. The molecule has 0 unspecified atom stereocenters. The molecular weight excluding hydrogens is 301 g/mol. The number of halogens is 3. The monoisotopic (exact) mass is 312 g/mol. The number of alkyl halides is 3. The first kappa shape index (κ1) is 13.9. The van der Waals surface area contributed by atoms with Gasteiger partial charge in [-0.25, -0.2) is 9.97 Å². The maximum atomic E-state index is 12.9. The van der Waals surface area contributed by atoms with Gasteiger partial charge in [0.25, 0.3) is 0 Å². The summed E-state index contributed by atoms with van der Waals surface area (Å²) in [6.45, 7) is 0.611. The number of para-hydroxylation sites is 2. The summed E-state index contributed by atoms with van der Waals surface area (Å²) in [4.78, 5) is 8.94. The van der Waals surface area contributed by atoms with Crippen LogP contribution in [0.5, 0.6) is 0 Å². The number of thiazole rings is 1. The number of nitrogens with two attached hydrogens (primary N) is 1. The van der Waals surface area contributed by atoms with Crippen LogP contribution >= 0.6 is 11.3 Å². The standard InChI is InChI=1S/C13H11F3N4S/c1-7-10(21-12(17)18-7)11-19-8-4-2-3-5-9(8)20(11)6-13(14,15)16/h2-5H,6H2,1H3,(H2,17,18). The molecule has 0 atom stereocenters. The van der Waals surface area contributed by atoms with Gasteiger partial charge in [-0.1, -0.05) is 23.5 Å². The SMILES string of the molecule is Cc1nc(N)sc1-c1nc2ccccc2n1CC(F)(F)F. The molecule has 2 N–H and O–H groups in total. The molecule has 0 bridgehead atoms. The molecule has 2 heterocycles. The van der Waals surface area contributed by atoms with Gasteiger partial charge in [0, 0.05) is 0 Å². The first-order valence-electron chi connectivity index (χ1n) is 6.10. The minimum atomic E-state index is -4.33. The Bertz CT molecular complexity index is 803. The summed E-state index contributed by atoms with van der Waals surface area (Å²) >= 11 is 1.14. The minimum absolute atomic E-state index is 0.250. The molecule has 3 rings (SSSR count). The highest BCUT2D eigenvalue weighted by atomic mass is 32.1. The Morgan fingerprint density at radius 2 is 1.95 bits per heavy atom. The van der Waals surface area contributed by atoms with Crippen molar-refractivity contribution in [3.63, 3.8) is 0 Å². The van der Waals surface area contributed by atoms with Crippen LogP contribution in [0, 0.1) is 6.92 Å². The van der Waals surface area contributed by atoms with Crippen LogP contribution in [-0.2, 0) is 6.54 Å². The third-order valence-electron chi connectivity index (χ3n) is 3.01. The zero-order valence-electron chi connectivity index (χ0n) is 11.0. The molecule has 8 heteroatoms. The van der Waals surface area contributed by atoms with Gasteiger partial charge >= 0.3 is 6.18 Å². The lowest BCUT2D eigenvalue weighted by atomic mass is 10.3. The van der Waals surface area contributed by atoms with Gasteiger partial charge in [0.15, 0.2) is 11.0 Å². The molecule has 0 saturated heterocycles. The molecule has 2 aromatic heterocycles. The highest BCUT2D eigenvalue weighted by Crippen LogP contribution is 2.34. The van der Waals surface area contributed by atoms with Crippen molar-refractivity contribution >= 4 is 27.5 Å². The zero-order valence-corrected chi connectivity index (χ0v) is 11.8. The summed E-state index contributed by atoms with van der Waals surface area (Å²) in [7, 11) is 0. The van der Waals surface area contributed by atoms with E-state index in [4.69, 9.17) is 5.73 Å². The van der Waals surface area contributed by atoms with E-state index >= 15 is 0 Å². The number of fused-ring (bicyclic) bond motifs is 1. The molecule has 4 nitrogen and oxygen atoms in total. The Morgan fingerprint density at radius 3 is 2.57 bits per heavy atom. The molecule has 0 radical (unpaired) electrons. The molecule has 21 heavy (non-hydrogen) atoms. The van der Waals surface area contributed by atoms with Gasteiger partial charge in [-0.2, -0.15) is 13.2 Å². The number of aromatic nitrogens is 3. The Labute approximate surface area is 122 Å². The average Bonchev–Trinajstić information content (AvgIpc) is 2.89. The van der Waals surface area contributed by atoms with Crippen molar-refractivity contribution in [2.24, 2.45) is 0 Å². The quantitative estimate of drug-likeness (QED) is 0.786. The highest BCUT2D eigenvalue weighted by Gasteiger charge is 2.31. The summed E-state index contributed by atoms with van der Waals surface area (Å²) < 4.78 is 39.8. The Kier molecular flexibility index (Phi) is 3.12. The van der Waals surface area contributed by atoms with Crippen LogP contribution in [0.2, 0.25) is 0 Å². The van der Waals surface area contributed by atoms with E-state index in [1.165, 1.54) is 0 Å². The van der Waals surface area contributed by atoms with Crippen LogP contribution in [0.4, 0.5) is 18.3 Å². The van der Waals surface area contributed by atoms with E-state index in [0.717, 1.165) is 15.9 Å². The number of imidazole rings is 1. The second-order valence-electron chi connectivity index (χ2n) is 4.59.